The Morgan fingerprint density at radius 2 is 2.12 bits per heavy atom. The van der Waals surface area contributed by atoms with Gasteiger partial charge >= 0.3 is 5.76 Å². The van der Waals surface area contributed by atoms with Gasteiger partial charge in [-0.05, 0) is 12.1 Å². The summed E-state index contributed by atoms with van der Waals surface area (Å²) < 4.78 is 6.12. The molecule has 0 bridgehead atoms. The molecular formula is C12H12BrNO2. The first-order valence-corrected chi connectivity index (χ1v) is 5.86. The number of aromatic amines is 1. The van der Waals surface area contributed by atoms with Crippen LogP contribution < -0.4 is 5.76 Å². The van der Waals surface area contributed by atoms with Gasteiger partial charge in [0.2, 0.25) is 0 Å². The molecule has 1 aromatic carbocycles. The molecule has 0 saturated carbocycles. The fourth-order valence-corrected chi connectivity index (χ4v) is 2.00. The lowest BCUT2D eigenvalue weighted by Gasteiger charge is -2.04. The van der Waals surface area contributed by atoms with Gasteiger partial charge in [0.05, 0.1) is 5.69 Å². The van der Waals surface area contributed by atoms with E-state index in [0.717, 1.165) is 15.7 Å². The minimum atomic E-state index is -0.404. The zero-order valence-electron chi connectivity index (χ0n) is 9.08. The fourth-order valence-electron chi connectivity index (χ4n) is 1.61. The van der Waals surface area contributed by atoms with Crippen LogP contribution in [-0.2, 0) is 0 Å². The maximum absolute atomic E-state index is 11.2. The van der Waals surface area contributed by atoms with Crippen LogP contribution in [0.5, 0.6) is 0 Å². The molecule has 0 radical (unpaired) electrons. The van der Waals surface area contributed by atoms with E-state index in [0.29, 0.717) is 5.76 Å². The monoisotopic (exact) mass is 281 g/mol. The van der Waals surface area contributed by atoms with Gasteiger partial charge in [-0.2, -0.15) is 0 Å². The smallest absolute Gasteiger partial charge is 0.412 e. The molecule has 16 heavy (non-hydrogen) atoms. The summed E-state index contributed by atoms with van der Waals surface area (Å²) in [6, 6.07) is 7.76. The summed E-state index contributed by atoms with van der Waals surface area (Å²) in [5.74, 6) is 0.467. The first kappa shape index (κ1) is 11.2. The van der Waals surface area contributed by atoms with Gasteiger partial charge in [0.1, 0.15) is 5.76 Å². The first-order valence-electron chi connectivity index (χ1n) is 5.07. The Hall–Kier alpha value is -1.29. The van der Waals surface area contributed by atoms with Crippen molar-refractivity contribution in [1.82, 2.24) is 4.98 Å². The SMILES string of the molecule is CC(C)c1oc(=O)[nH]c1-c1cccc(Br)c1. The Labute approximate surface area is 102 Å². The van der Waals surface area contributed by atoms with E-state index in [1.165, 1.54) is 0 Å². The zero-order valence-corrected chi connectivity index (χ0v) is 10.7. The van der Waals surface area contributed by atoms with Crippen molar-refractivity contribution < 1.29 is 4.42 Å². The van der Waals surface area contributed by atoms with Gasteiger partial charge in [0.15, 0.2) is 0 Å². The number of hydrogen-bond donors (Lipinski definition) is 1. The minimum absolute atomic E-state index is 0.174. The lowest BCUT2D eigenvalue weighted by molar-refractivity contribution is 0.451. The third-order valence-corrected chi connectivity index (χ3v) is 2.81. The highest BCUT2D eigenvalue weighted by Gasteiger charge is 2.15. The van der Waals surface area contributed by atoms with E-state index in [4.69, 9.17) is 4.42 Å². The Bertz CT molecular complexity index is 554. The Kier molecular flexibility index (Phi) is 3.01. The van der Waals surface area contributed by atoms with Crippen molar-refractivity contribution in [3.8, 4) is 11.3 Å². The largest absolute Gasteiger partial charge is 0.416 e. The summed E-state index contributed by atoms with van der Waals surface area (Å²) in [4.78, 5) is 14.0. The standard InChI is InChI=1S/C12H12BrNO2/c1-7(2)11-10(14-12(15)16-11)8-4-3-5-9(13)6-8/h3-7H,1-2H3,(H,14,15). The molecule has 0 saturated heterocycles. The maximum Gasteiger partial charge on any atom is 0.416 e. The number of rotatable bonds is 2. The molecule has 0 unspecified atom stereocenters. The molecule has 2 aromatic rings. The molecule has 1 aromatic heterocycles. The van der Waals surface area contributed by atoms with Gasteiger partial charge in [0.25, 0.3) is 0 Å². The van der Waals surface area contributed by atoms with Crippen LogP contribution >= 0.6 is 15.9 Å². The highest BCUT2D eigenvalue weighted by atomic mass is 79.9. The molecule has 1 heterocycles. The second-order valence-electron chi connectivity index (χ2n) is 3.92. The third kappa shape index (κ3) is 2.11. The van der Waals surface area contributed by atoms with Crippen molar-refractivity contribution in [2.75, 3.05) is 0 Å². The lowest BCUT2D eigenvalue weighted by atomic mass is 10.0. The van der Waals surface area contributed by atoms with Crippen molar-refractivity contribution >= 4 is 15.9 Å². The molecule has 3 nitrogen and oxygen atoms in total. The van der Waals surface area contributed by atoms with Gasteiger partial charge in [0, 0.05) is 16.0 Å². The number of nitrogens with one attached hydrogen (secondary N) is 1. The molecule has 0 amide bonds. The predicted octanol–water partition coefficient (Wildman–Crippen LogP) is 3.52. The molecule has 1 N–H and O–H groups in total. The number of halogens is 1. The average molecular weight is 282 g/mol. The van der Waals surface area contributed by atoms with E-state index in [9.17, 15) is 4.79 Å². The second-order valence-corrected chi connectivity index (χ2v) is 4.83. The second kappa shape index (κ2) is 4.29. The Morgan fingerprint density at radius 3 is 2.75 bits per heavy atom. The van der Waals surface area contributed by atoms with Crippen LogP contribution in [-0.4, -0.2) is 4.98 Å². The summed E-state index contributed by atoms with van der Waals surface area (Å²) in [7, 11) is 0. The molecule has 0 aliphatic rings. The van der Waals surface area contributed by atoms with Crippen LogP contribution in [0.1, 0.15) is 25.5 Å². The van der Waals surface area contributed by atoms with Crippen LogP contribution in [0.4, 0.5) is 0 Å². The van der Waals surface area contributed by atoms with Crippen molar-refractivity contribution in [1.29, 1.82) is 0 Å². The Balaban J connectivity index is 2.59. The molecule has 0 fully saturated rings. The summed E-state index contributed by atoms with van der Waals surface area (Å²) in [6.45, 7) is 3.99. The normalized spacial score (nSPS) is 11.0. The topological polar surface area (TPSA) is 46.0 Å². The molecule has 0 aliphatic carbocycles. The van der Waals surface area contributed by atoms with E-state index in [1.54, 1.807) is 0 Å². The molecular weight excluding hydrogens is 270 g/mol. The van der Waals surface area contributed by atoms with E-state index in [1.807, 2.05) is 38.1 Å². The first-order chi connectivity index (χ1) is 7.58. The van der Waals surface area contributed by atoms with Gasteiger partial charge in [-0.3, -0.25) is 4.98 Å². The highest BCUT2D eigenvalue weighted by Crippen LogP contribution is 2.27. The van der Waals surface area contributed by atoms with Crippen LogP contribution in [0.15, 0.2) is 37.9 Å². The zero-order chi connectivity index (χ0) is 11.7. The van der Waals surface area contributed by atoms with Crippen molar-refractivity contribution in [2.24, 2.45) is 0 Å². The van der Waals surface area contributed by atoms with Crippen LogP contribution in [0.25, 0.3) is 11.3 Å². The lowest BCUT2D eigenvalue weighted by Crippen LogP contribution is -1.94. The van der Waals surface area contributed by atoms with E-state index < -0.39 is 5.76 Å². The molecule has 4 heteroatoms. The maximum atomic E-state index is 11.2. The van der Waals surface area contributed by atoms with Gasteiger partial charge in [-0.15, -0.1) is 0 Å². The van der Waals surface area contributed by atoms with Gasteiger partial charge in [-0.1, -0.05) is 41.9 Å². The number of benzene rings is 1. The van der Waals surface area contributed by atoms with Crippen molar-refractivity contribution in [2.45, 2.75) is 19.8 Å². The summed E-state index contributed by atoms with van der Waals surface area (Å²) in [5, 5.41) is 0. The van der Waals surface area contributed by atoms with Crippen LogP contribution in [0, 0.1) is 0 Å². The average Bonchev–Trinajstić information content (AvgIpc) is 2.60. The Morgan fingerprint density at radius 1 is 1.38 bits per heavy atom. The van der Waals surface area contributed by atoms with Gasteiger partial charge in [-0.25, -0.2) is 4.79 Å². The highest BCUT2D eigenvalue weighted by molar-refractivity contribution is 9.10. The molecule has 0 atom stereocenters. The molecule has 2 rings (SSSR count). The summed E-state index contributed by atoms with van der Waals surface area (Å²) >= 11 is 3.41. The van der Waals surface area contributed by atoms with Crippen molar-refractivity contribution in [3.63, 3.8) is 0 Å². The van der Waals surface area contributed by atoms with Crippen molar-refractivity contribution in [3.05, 3.63) is 45.0 Å². The summed E-state index contributed by atoms with van der Waals surface area (Å²) in [5.41, 5.74) is 1.71. The quantitative estimate of drug-likeness (QED) is 0.916. The van der Waals surface area contributed by atoms with E-state index in [2.05, 4.69) is 20.9 Å². The number of aromatic nitrogens is 1. The fraction of sp³-hybridized carbons (Fsp3) is 0.250. The molecule has 0 aliphatic heterocycles. The minimum Gasteiger partial charge on any atom is -0.412 e. The number of H-pyrrole nitrogens is 1. The number of hydrogen-bond acceptors (Lipinski definition) is 2. The molecule has 84 valence electrons. The van der Waals surface area contributed by atoms with E-state index >= 15 is 0 Å². The molecule has 0 spiro atoms. The van der Waals surface area contributed by atoms with Crippen LogP contribution in [0.2, 0.25) is 0 Å². The van der Waals surface area contributed by atoms with Crippen LogP contribution in [0.3, 0.4) is 0 Å². The van der Waals surface area contributed by atoms with E-state index in [-0.39, 0.29) is 5.92 Å². The summed E-state index contributed by atoms with van der Waals surface area (Å²) in [6.07, 6.45) is 0. The number of oxazole rings is 1. The predicted molar refractivity (Wildman–Crippen MR) is 66.6 cm³/mol. The van der Waals surface area contributed by atoms with Gasteiger partial charge < -0.3 is 4.42 Å². The third-order valence-electron chi connectivity index (χ3n) is 2.31.